The molecule has 1 fully saturated rings. The molecule has 4 amide bonds. The average Bonchev–Trinajstić information content (AvgIpc) is 3.13. The highest BCUT2D eigenvalue weighted by Gasteiger charge is 2.20. The maximum absolute atomic E-state index is 12.9. The number of amides is 4. The fraction of sp³-hybridized carbons (Fsp3) is 0.286. The minimum absolute atomic E-state index is 0.145. The summed E-state index contributed by atoms with van der Waals surface area (Å²) in [4.78, 5) is 29.5. The normalized spacial score (nSPS) is 13.5. The van der Waals surface area contributed by atoms with Crippen molar-refractivity contribution in [3.8, 4) is 5.75 Å². The molecule has 4 rings (SSSR count). The number of ether oxygens (including phenoxy) is 1. The number of carbonyl (C=O) groups excluding carboxylic acids is 2. The van der Waals surface area contributed by atoms with Crippen molar-refractivity contribution in [2.75, 3.05) is 54.1 Å². The van der Waals surface area contributed by atoms with Gasteiger partial charge in [0.15, 0.2) is 0 Å². The number of rotatable bonds is 5. The molecule has 0 radical (unpaired) electrons. The van der Waals surface area contributed by atoms with E-state index in [1.54, 1.807) is 13.2 Å². The molecule has 9 heteroatoms. The highest BCUT2D eigenvalue weighted by Crippen LogP contribution is 2.27. The summed E-state index contributed by atoms with van der Waals surface area (Å²) < 4.78 is 5.32. The monoisotopic (exact) mass is 521 g/mol. The number of hydrogen-bond donors (Lipinski definition) is 3. The fourth-order valence-electron chi connectivity index (χ4n) is 4.31. The Morgan fingerprint density at radius 3 is 2.41 bits per heavy atom. The lowest BCUT2D eigenvalue weighted by molar-refractivity contribution is 0.215. The molecule has 37 heavy (non-hydrogen) atoms. The summed E-state index contributed by atoms with van der Waals surface area (Å²) in [7, 11) is 1.57. The first-order valence-corrected chi connectivity index (χ1v) is 12.6. The van der Waals surface area contributed by atoms with Crippen LogP contribution < -0.4 is 25.6 Å². The number of benzene rings is 3. The van der Waals surface area contributed by atoms with Gasteiger partial charge in [0.2, 0.25) is 0 Å². The van der Waals surface area contributed by atoms with Gasteiger partial charge >= 0.3 is 12.1 Å². The van der Waals surface area contributed by atoms with Crippen LogP contribution in [0.4, 0.5) is 32.3 Å². The van der Waals surface area contributed by atoms with E-state index < -0.39 is 0 Å². The van der Waals surface area contributed by atoms with Crippen LogP contribution in [0.5, 0.6) is 5.75 Å². The van der Waals surface area contributed by atoms with Gasteiger partial charge in [-0.15, -0.1) is 0 Å². The molecule has 1 aliphatic heterocycles. The van der Waals surface area contributed by atoms with Crippen molar-refractivity contribution in [2.24, 2.45) is 0 Å². The maximum Gasteiger partial charge on any atom is 0.323 e. The van der Waals surface area contributed by atoms with E-state index in [2.05, 4.69) is 20.9 Å². The number of carbonyl (C=O) groups is 2. The number of para-hydroxylation sites is 1. The maximum atomic E-state index is 12.9. The molecule has 3 aromatic carbocycles. The Balaban J connectivity index is 1.32. The SMILES string of the molecule is COc1ccc(C)cc1NC(=O)Nc1ccc(N2CCCN(C(=O)Nc3c(C)cccc3Cl)CC2)cc1. The molecule has 0 atom stereocenters. The largest absolute Gasteiger partial charge is 0.495 e. The van der Waals surface area contributed by atoms with Crippen LogP contribution in [0.15, 0.2) is 60.7 Å². The Bertz CT molecular complexity index is 1240. The predicted molar refractivity (Wildman–Crippen MR) is 150 cm³/mol. The topological polar surface area (TPSA) is 85.9 Å². The number of urea groups is 2. The molecular formula is C28H32ClN5O3. The molecule has 8 nitrogen and oxygen atoms in total. The molecule has 3 aromatic rings. The zero-order valence-corrected chi connectivity index (χ0v) is 22.1. The van der Waals surface area contributed by atoms with Crippen molar-refractivity contribution in [2.45, 2.75) is 20.3 Å². The van der Waals surface area contributed by atoms with Gasteiger partial charge < -0.3 is 30.5 Å². The number of nitrogens with one attached hydrogen (secondary N) is 3. The molecule has 0 unspecified atom stereocenters. The summed E-state index contributed by atoms with van der Waals surface area (Å²) in [5, 5.41) is 9.20. The first-order valence-electron chi connectivity index (χ1n) is 12.2. The Morgan fingerprint density at radius 2 is 1.68 bits per heavy atom. The first-order chi connectivity index (χ1) is 17.8. The minimum atomic E-state index is -0.346. The Labute approximate surface area is 222 Å². The highest BCUT2D eigenvalue weighted by molar-refractivity contribution is 6.33. The number of hydrogen-bond acceptors (Lipinski definition) is 4. The van der Waals surface area contributed by atoms with Crippen molar-refractivity contribution in [3.63, 3.8) is 0 Å². The van der Waals surface area contributed by atoms with E-state index in [0.29, 0.717) is 47.5 Å². The molecule has 0 aromatic heterocycles. The van der Waals surface area contributed by atoms with Crippen molar-refractivity contribution in [3.05, 3.63) is 76.8 Å². The number of anilines is 4. The van der Waals surface area contributed by atoms with Gasteiger partial charge in [-0.25, -0.2) is 9.59 Å². The van der Waals surface area contributed by atoms with Gasteiger partial charge in [-0.05, 0) is 73.9 Å². The van der Waals surface area contributed by atoms with E-state index in [1.807, 2.05) is 73.3 Å². The lowest BCUT2D eigenvalue weighted by Crippen LogP contribution is -2.38. The summed E-state index contributed by atoms with van der Waals surface area (Å²) in [6.07, 6.45) is 0.843. The smallest absolute Gasteiger partial charge is 0.323 e. The molecule has 194 valence electrons. The zero-order chi connectivity index (χ0) is 26.4. The standard InChI is InChI=1S/C28H32ClN5O3/c1-19-8-13-25(37-3)24(18-19)31-27(35)30-21-9-11-22(12-10-21)33-14-5-15-34(17-16-33)28(36)32-26-20(2)6-4-7-23(26)29/h4,6-13,18H,5,14-17H2,1-3H3,(H,32,36)(H2,30,31,35). The van der Waals surface area contributed by atoms with E-state index >= 15 is 0 Å². The molecule has 0 saturated carbocycles. The van der Waals surface area contributed by atoms with Crippen LogP contribution in [0.2, 0.25) is 5.02 Å². The van der Waals surface area contributed by atoms with Gasteiger partial charge in [-0.2, -0.15) is 0 Å². The Morgan fingerprint density at radius 1 is 0.892 bits per heavy atom. The quantitative estimate of drug-likeness (QED) is 0.365. The highest BCUT2D eigenvalue weighted by atomic mass is 35.5. The van der Waals surface area contributed by atoms with Gasteiger partial charge in [0, 0.05) is 37.6 Å². The van der Waals surface area contributed by atoms with Crippen molar-refractivity contribution in [1.29, 1.82) is 0 Å². The van der Waals surface area contributed by atoms with Gasteiger partial charge in [-0.1, -0.05) is 29.8 Å². The summed E-state index contributed by atoms with van der Waals surface area (Å²) in [6, 6.07) is 18.4. The zero-order valence-electron chi connectivity index (χ0n) is 21.3. The Kier molecular flexibility index (Phi) is 8.40. The second kappa shape index (κ2) is 11.9. The van der Waals surface area contributed by atoms with Crippen LogP contribution in [-0.4, -0.2) is 50.3 Å². The van der Waals surface area contributed by atoms with E-state index in [0.717, 1.165) is 29.8 Å². The van der Waals surface area contributed by atoms with E-state index in [1.165, 1.54) is 0 Å². The van der Waals surface area contributed by atoms with Gasteiger partial charge in [0.25, 0.3) is 0 Å². The fourth-order valence-corrected chi connectivity index (χ4v) is 4.58. The lowest BCUT2D eigenvalue weighted by Gasteiger charge is -2.24. The van der Waals surface area contributed by atoms with Crippen LogP contribution in [0.25, 0.3) is 0 Å². The van der Waals surface area contributed by atoms with Crippen molar-refractivity contribution < 1.29 is 14.3 Å². The molecule has 0 aliphatic carbocycles. The summed E-state index contributed by atoms with van der Waals surface area (Å²) in [6.45, 7) is 6.66. The number of methoxy groups -OCH3 is 1. The second-order valence-corrected chi connectivity index (χ2v) is 9.43. The Hall–Kier alpha value is -3.91. The predicted octanol–water partition coefficient (Wildman–Crippen LogP) is 6.35. The van der Waals surface area contributed by atoms with Crippen LogP contribution >= 0.6 is 11.6 Å². The van der Waals surface area contributed by atoms with E-state index in [-0.39, 0.29) is 12.1 Å². The average molecular weight is 522 g/mol. The van der Waals surface area contributed by atoms with E-state index in [9.17, 15) is 9.59 Å². The number of halogens is 1. The van der Waals surface area contributed by atoms with Gasteiger partial charge in [-0.3, -0.25) is 0 Å². The third kappa shape index (κ3) is 6.65. The van der Waals surface area contributed by atoms with Gasteiger partial charge in [0.05, 0.1) is 23.5 Å². The van der Waals surface area contributed by atoms with Crippen LogP contribution in [0.1, 0.15) is 17.5 Å². The molecule has 1 saturated heterocycles. The summed E-state index contributed by atoms with van der Waals surface area (Å²) in [5.41, 5.74) is 4.93. The first kappa shape index (κ1) is 26.2. The van der Waals surface area contributed by atoms with E-state index in [4.69, 9.17) is 16.3 Å². The summed E-state index contributed by atoms with van der Waals surface area (Å²) in [5.74, 6) is 0.599. The number of aryl methyl sites for hydroxylation is 2. The van der Waals surface area contributed by atoms with Crippen molar-refractivity contribution >= 4 is 46.4 Å². The lowest BCUT2D eigenvalue weighted by atomic mass is 10.2. The van der Waals surface area contributed by atoms with Crippen LogP contribution in [-0.2, 0) is 0 Å². The molecule has 1 aliphatic rings. The van der Waals surface area contributed by atoms with Crippen molar-refractivity contribution in [1.82, 2.24) is 4.90 Å². The van der Waals surface area contributed by atoms with Crippen LogP contribution in [0, 0.1) is 13.8 Å². The number of nitrogens with zero attached hydrogens (tertiary/aromatic N) is 2. The molecule has 0 spiro atoms. The molecule has 0 bridgehead atoms. The molecular weight excluding hydrogens is 490 g/mol. The second-order valence-electron chi connectivity index (χ2n) is 9.02. The minimum Gasteiger partial charge on any atom is -0.495 e. The molecule has 1 heterocycles. The van der Waals surface area contributed by atoms with Crippen LogP contribution in [0.3, 0.4) is 0 Å². The third-order valence-electron chi connectivity index (χ3n) is 6.33. The summed E-state index contributed by atoms with van der Waals surface area (Å²) >= 11 is 6.28. The third-order valence-corrected chi connectivity index (χ3v) is 6.65. The van der Waals surface area contributed by atoms with Gasteiger partial charge in [0.1, 0.15) is 5.75 Å². The molecule has 3 N–H and O–H groups in total.